The predicted octanol–water partition coefficient (Wildman–Crippen LogP) is 1.59. The first kappa shape index (κ1) is 13.3. The lowest BCUT2D eigenvalue weighted by Crippen LogP contribution is -2.06. The number of fused-ring (bicyclic) bond motifs is 1. The number of rotatable bonds is 4. The summed E-state index contributed by atoms with van der Waals surface area (Å²) in [4.78, 5) is 10.7. The lowest BCUT2D eigenvalue weighted by Gasteiger charge is -1.95. The highest BCUT2D eigenvalue weighted by molar-refractivity contribution is 5.75. The first-order chi connectivity index (χ1) is 9.81. The third kappa shape index (κ3) is 4.16. The van der Waals surface area contributed by atoms with Gasteiger partial charge >= 0.3 is 5.63 Å². The van der Waals surface area contributed by atoms with Crippen molar-refractivity contribution >= 4 is 11.0 Å². The second-order valence-corrected chi connectivity index (χ2v) is 4.74. The van der Waals surface area contributed by atoms with Crippen molar-refractivity contribution in [1.29, 1.82) is 0 Å². The van der Waals surface area contributed by atoms with Crippen molar-refractivity contribution in [1.82, 2.24) is 0 Å². The van der Waals surface area contributed by atoms with Gasteiger partial charge in [-0.25, -0.2) is 4.79 Å². The van der Waals surface area contributed by atoms with Crippen molar-refractivity contribution in [3.63, 3.8) is 0 Å². The molecule has 0 aliphatic carbocycles. The normalized spacial score (nSPS) is 23.0. The van der Waals surface area contributed by atoms with Gasteiger partial charge in [0, 0.05) is 11.5 Å². The molecule has 0 N–H and O–H groups in total. The molecule has 20 heavy (non-hydrogen) atoms. The van der Waals surface area contributed by atoms with Crippen LogP contribution in [0.25, 0.3) is 11.0 Å². The van der Waals surface area contributed by atoms with E-state index in [1.54, 1.807) is 12.1 Å². The summed E-state index contributed by atoms with van der Waals surface area (Å²) in [7, 11) is 0. The number of ether oxygens (including phenoxy) is 3. The Labute approximate surface area is 116 Å². The number of hydrogen-bond donors (Lipinski definition) is 0. The van der Waals surface area contributed by atoms with Crippen LogP contribution in [-0.4, -0.2) is 38.6 Å². The monoisotopic (exact) mass is 276 g/mol. The molecule has 2 aliphatic rings. The van der Waals surface area contributed by atoms with Crippen molar-refractivity contribution in [2.24, 2.45) is 0 Å². The van der Waals surface area contributed by atoms with Crippen LogP contribution in [0.3, 0.4) is 0 Å². The Morgan fingerprint density at radius 3 is 2.30 bits per heavy atom. The summed E-state index contributed by atoms with van der Waals surface area (Å²) in [6.07, 6.45) is 0.785. The first-order valence-electron chi connectivity index (χ1n) is 6.61. The van der Waals surface area contributed by atoms with E-state index in [-0.39, 0.29) is 5.63 Å². The van der Waals surface area contributed by atoms with Gasteiger partial charge in [-0.1, -0.05) is 18.2 Å². The second kappa shape index (κ2) is 6.17. The van der Waals surface area contributed by atoms with Crippen molar-refractivity contribution in [2.75, 3.05) is 26.4 Å². The minimum absolute atomic E-state index is 0.302. The first-order valence-corrected chi connectivity index (χ1v) is 6.61. The van der Waals surface area contributed by atoms with Crippen LogP contribution in [0.15, 0.2) is 45.6 Å². The SMILES string of the molecule is C(OCC1CO1)C1CO1.O=c1ccc2ccccc2o1. The summed E-state index contributed by atoms with van der Waals surface area (Å²) in [5, 5.41) is 0.951. The fraction of sp³-hybridized carbons (Fsp3) is 0.400. The van der Waals surface area contributed by atoms with Gasteiger partial charge in [0.25, 0.3) is 0 Å². The smallest absolute Gasteiger partial charge is 0.336 e. The Morgan fingerprint density at radius 1 is 1.00 bits per heavy atom. The van der Waals surface area contributed by atoms with Crippen molar-refractivity contribution < 1.29 is 18.6 Å². The zero-order valence-electron chi connectivity index (χ0n) is 11.0. The molecule has 2 aliphatic heterocycles. The topological polar surface area (TPSA) is 64.5 Å². The largest absolute Gasteiger partial charge is 0.423 e. The minimum atomic E-state index is -0.302. The lowest BCUT2D eigenvalue weighted by molar-refractivity contribution is 0.102. The summed E-state index contributed by atoms with van der Waals surface area (Å²) in [5.41, 5.74) is 0.337. The molecule has 0 saturated carbocycles. The van der Waals surface area contributed by atoms with Gasteiger partial charge in [-0.15, -0.1) is 0 Å². The fourth-order valence-corrected chi connectivity index (χ4v) is 1.67. The van der Waals surface area contributed by atoms with Gasteiger partial charge in [-0.3, -0.25) is 0 Å². The third-order valence-electron chi connectivity index (χ3n) is 2.94. The number of benzene rings is 1. The van der Waals surface area contributed by atoms with E-state index in [2.05, 4.69) is 0 Å². The van der Waals surface area contributed by atoms with E-state index in [4.69, 9.17) is 18.6 Å². The van der Waals surface area contributed by atoms with Gasteiger partial charge in [0.15, 0.2) is 0 Å². The molecule has 2 unspecified atom stereocenters. The van der Waals surface area contributed by atoms with Gasteiger partial charge in [0.05, 0.1) is 26.4 Å². The molecule has 0 spiro atoms. The van der Waals surface area contributed by atoms with E-state index in [0.29, 0.717) is 17.8 Å². The quantitative estimate of drug-likeness (QED) is 0.627. The number of hydrogen-bond acceptors (Lipinski definition) is 5. The molecule has 4 rings (SSSR count). The van der Waals surface area contributed by atoms with E-state index >= 15 is 0 Å². The van der Waals surface area contributed by atoms with E-state index in [1.165, 1.54) is 6.07 Å². The summed E-state index contributed by atoms with van der Waals surface area (Å²) in [6, 6.07) is 10.6. The summed E-state index contributed by atoms with van der Waals surface area (Å²) < 4.78 is 20.0. The van der Waals surface area contributed by atoms with Gasteiger partial charge < -0.3 is 18.6 Å². The minimum Gasteiger partial charge on any atom is -0.423 e. The van der Waals surface area contributed by atoms with Crippen LogP contribution in [-0.2, 0) is 14.2 Å². The molecule has 2 fully saturated rings. The average molecular weight is 276 g/mol. The molecule has 1 aromatic heterocycles. The molecule has 1 aromatic carbocycles. The highest BCUT2D eigenvalue weighted by Gasteiger charge is 2.26. The molecule has 2 saturated heterocycles. The van der Waals surface area contributed by atoms with Crippen molar-refractivity contribution in [2.45, 2.75) is 12.2 Å². The third-order valence-corrected chi connectivity index (χ3v) is 2.94. The summed E-state index contributed by atoms with van der Waals surface area (Å²) in [6.45, 7) is 3.26. The Kier molecular flexibility index (Phi) is 4.11. The molecule has 2 aromatic rings. The van der Waals surface area contributed by atoms with Crippen LogP contribution >= 0.6 is 0 Å². The standard InChI is InChI=1S/C9H6O2.C6H10O3/c10-9-6-5-7-3-1-2-4-8(7)11-9;1(5-3-8-5)7-2-6-4-9-6/h1-6H;5-6H,1-4H2. The fourth-order valence-electron chi connectivity index (χ4n) is 1.67. The second-order valence-electron chi connectivity index (χ2n) is 4.74. The maximum absolute atomic E-state index is 10.7. The zero-order chi connectivity index (χ0) is 13.8. The van der Waals surface area contributed by atoms with Crippen LogP contribution < -0.4 is 5.63 Å². The van der Waals surface area contributed by atoms with Gasteiger partial charge in [0.1, 0.15) is 17.8 Å². The number of epoxide rings is 2. The van der Waals surface area contributed by atoms with E-state index in [1.807, 2.05) is 18.2 Å². The van der Waals surface area contributed by atoms with Crippen LogP contribution in [0, 0.1) is 0 Å². The molecular weight excluding hydrogens is 260 g/mol. The summed E-state index contributed by atoms with van der Waals surface area (Å²) >= 11 is 0. The van der Waals surface area contributed by atoms with Crippen LogP contribution in [0.2, 0.25) is 0 Å². The van der Waals surface area contributed by atoms with Gasteiger partial charge in [-0.05, 0) is 12.1 Å². The van der Waals surface area contributed by atoms with Crippen molar-refractivity contribution in [3.05, 3.63) is 46.8 Å². The van der Waals surface area contributed by atoms with E-state index in [9.17, 15) is 4.79 Å². The maximum Gasteiger partial charge on any atom is 0.336 e. The van der Waals surface area contributed by atoms with E-state index < -0.39 is 0 Å². The van der Waals surface area contributed by atoms with Crippen LogP contribution in [0.1, 0.15) is 0 Å². The maximum atomic E-state index is 10.7. The average Bonchev–Trinajstić information content (AvgIpc) is 3.34. The highest BCUT2D eigenvalue weighted by atomic mass is 16.6. The molecule has 3 heterocycles. The Morgan fingerprint density at radius 2 is 1.65 bits per heavy atom. The Balaban J connectivity index is 0.000000123. The molecule has 106 valence electrons. The summed E-state index contributed by atoms with van der Waals surface area (Å²) in [5.74, 6) is 0. The molecule has 0 bridgehead atoms. The van der Waals surface area contributed by atoms with Crippen molar-refractivity contribution in [3.8, 4) is 0 Å². The molecule has 2 atom stereocenters. The molecule has 5 nitrogen and oxygen atoms in total. The number of para-hydroxylation sites is 1. The molecule has 0 radical (unpaired) electrons. The van der Waals surface area contributed by atoms with Gasteiger partial charge in [0.2, 0.25) is 0 Å². The lowest BCUT2D eigenvalue weighted by atomic mass is 10.2. The van der Waals surface area contributed by atoms with E-state index in [0.717, 1.165) is 31.8 Å². The Bertz CT molecular complexity index is 601. The van der Waals surface area contributed by atoms with Crippen LogP contribution in [0.5, 0.6) is 0 Å². The molecular formula is C15H16O5. The highest BCUT2D eigenvalue weighted by Crippen LogP contribution is 2.12. The predicted molar refractivity (Wildman–Crippen MR) is 72.8 cm³/mol. The van der Waals surface area contributed by atoms with Crippen LogP contribution in [0.4, 0.5) is 0 Å². The molecule has 0 amide bonds. The Hall–Kier alpha value is -1.69. The van der Waals surface area contributed by atoms with Gasteiger partial charge in [-0.2, -0.15) is 0 Å². The molecule has 5 heteroatoms. The zero-order valence-corrected chi connectivity index (χ0v) is 11.0.